The van der Waals surface area contributed by atoms with E-state index in [1.165, 1.54) is 29.5 Å². The van der Waals surface area contributed by atoms with E-state index in [4.69, 9.17) is 48.0 Å². The Kier molecular flexibility index (Phi) is 18.9. The molecule has 408 valence electrons. The first-order valence-corrected chi connectivity index (χ1v) is 25.7. The summed E-state index contributed by atoms with van der Waals surface area (Å²) < 4.78 is 47.7. The lowest BCUT2D eigenvalue weighted by atomic mass is 9.92. The van der Waals surface area contributed by atoms with E-state index in [0.29, 0.717) is 40.6 Å². The molecule has 0 aliphatic carbocycles. The lowest BCUT2D eigenvalue weighted by Crippen LogP contribution is -2.40. The standard InChI is InChI=1S/C61H65N3O13S/c1-14-51(65)75-58(5,6)35-39(4)72-49-34-43(24-29-48(49)71-38-61(11,12)77-53(67)16-3)56(69)73-47-28-21-40(33-44(47)36-62-64(13)57-63-54-46-20-18-17-19-41(46)25-30-50(54)78-57)31-32-70-55(68)42-22-26-45(27-23-42)74-59(7,8)37-60(9,10)76-52(66)15-2/h14-30,33-36H,1-3,31-32,37-38H2,4-13H3/b39-35?,62-36+. The molecule has 17 heteroatoms. The molecule has 0 fully saturated rings. The molecule has 1 aromatic heterocycles. The van der Waals surface area contributed by atoms with E-state index >= 15 is 0 Å². The number of benzene rings is 5. The van der Waals surface area contributed by atoms with Crippen LogP contribution in [0.2, 0.25) is 0 Å². The third-order valence-corrected chi connectivity index (χ3v) is 12.4. The average molecular weight is 1080 g/mol. The first-order chi connectivity index (χ1) is 36.8. The molecule has 6 aromatic rings. The van der Waals surface area contributed by atoms with Gasteiger partial charge < -0.3 is 37.9 Å². The summed E-state index contributed by atoms with van der Waals surface area (Å²) in [6.07, 6.45) is 7.04. The highest BCUT2D eigenvalue weighted by Crippen LogP contribution is 2.35. The van der Waals surface area contributed by atoms with Gasteiger partial charge in [0.15, 0.2) is 11.5 Å². The van der Waals surface area contributed by atoms with E-state index < -0.39 is 52.3 Å². The second-order valence-electron chi connectivity index (χ2n) is 20.4. The van der Waals surface area contributed by atoms with Gasteiger partial charge in [0.1, 0.15) is 46.3 Å². The molecule has 0 N–H and O–H groups in total. The number of hydrogen-bond acceptors (Lipinski definition) is 17. The summed E-state index contributed by atoms with van der Waals surface area (Å²) in [5, 5.41) is 9.08. The number of fused-ring (bicyclic) bond motifs is 3. The molecule has 1 heterocycles. The van der Waals surface area contributed by atoms with Crippen molar-refractivity contribution in [2.75, 3.05) is 25.3 Å². The molecule has 0 bridgehead atoms. The van der Waals surface area contributed by atoms with Crippen LogP contribution in [-0.4, -0.2) is 83.7 Å². The summed E-state index contributed by atoms with van der Waals surface area (Å²) in [5.74, 6) is -1.81. The number of nitrogens with zero attached hydrogens (tertiary/aromatic N) is 3. The van der Waals surface area contributed by atoms with Crippen molar-refractivity contribution in [3.05, 3.63) is 169 Å². The highest BCUT2D eigenvalue weighted by atomic mass is 32.1. The molecule has 0 unspecified atom stereocenters. The van der Waals surface area contributed by atoms with Gasteiger partial charge in [0, 0.05) is 49.1 Å². The monoisotopic (exact) mass is 1080 g/mol. The number of thiazole rings is 1. The van der Waals surface area contributed by atoms with E-state index in [2.05, 4.69) is 25.8 Å². The van der Waals surface area contributed by atoms with Crippen LogP contribution in [0.4, 0.5) is 5.13 Å². The molecule has 6 rings (SSSR count). The van der Waals surface area contributed by atoms with Crippen molar-refractivity contribution in [3.63, 3.8) is 0 Å². The lowest BCUT2D eigenvalue weighted by Gasteiger charge is -2.34. The maximum Gasteiger partial charge on any atom is 0.343 e. The molecule has 0 spiro atoms. The van der Waals surface area contributed by atoms with Crippen LogP contribution in [0.3, 0.4) is 0 Å². The number of aromatic nitrogens is 1. The predicted octanol–water partition coefficient (Wildman–Crippen LogP) is 12.3. The third-order valence-electron chi connectivity index (χ3n) is 11.3. The van der Waals surface area contributed by atoms with Crippen LogP contribution in [0.25, 0.3) is 21.0 Å². The van der Waals surface area contributed by atoms with E-state index in [1.54, 1.807) is 115 Å². The highest BCUT2D eigenvalue weighted by molar-refractivity contribution is 7.22. The highest BCUT2D eigenvalue weighted by Gasteiger charge is 2.33. The summed E-state index contributed by atoms with van der Waals surface area (Å²) in [7, 11) is 1.77. The van der Waals surface area contributed by atoms with E-state index in [0.717, 1.165) is 44.8 Å². The minimum Gasteiger partial charge on any atom is -0.488 e. The van der Waals surface area contributed by atoms with Crippen LogP contribution in [0, 0.1) is 0 Å². The van der Waals surface area contributed by atoms with E-state index in [-0.39, 0.29) is 36.0 Å². The molecule has 0 saturated heterocycles. The largest absolute Gasteiger partial charge is 0.488 e. The fraction of sp³-hybridized carbons (Fsp3) is 0.295. The van der Waals surface area contributed by atoms with Gasteiger partial charge in [-0.25, -0.2) is 34.0 Å². The predicted molar refractivity (Wildman–Crippen MR) is 302 cm³/mol. The van der Waals surface area contributed by atoms with Gasteiger partial charge >= 0.3 is 29.8 Å². The molecular formula is C61H65N3O13S. The Bertz CT molecular complexity index is 3290. The van der Waals surface area contributed by atoms with Crippen molar-refractivity contribution in [2.45, 2.75) is 97.6 Å². The van der Waals surface area contributed by atoms with E-state index in [1.807, 2.05) is 44.2 Å². The van der Waals surface area contributed by atoms with Gasteiger partial charge in [-0.2, -0.15) is 5.10 Å². The molecule has 0 radical (unpaired) electrons. The first kappa shape index (κ1) is 58.7. The van der Waals surface area contributed by atoms with Gasteiger partial charge in [0.2, 0.25) is 5.13 Å². The minimum absolute atomic E-state index is 0.0186. The van der Waals surface area contributed by atoms with Crippen LogP contribution in [-0.2, 0) is 39.8 Å². The van der Waals surface area contributed by atoms with Crippen molar-refractivity contribution >= 4 is 73.5 Å². The average Bonchev–Trinajstić information content (AvgIpc) is 3.84. The quantitative estimate of drug-likeness (QED) is 0.0100. The van der Waals surface area contributed by atoms with Crippen LogP contribution in [0.1, 0.15) is 101 Å². The molecule has 0 aliphatic rings. The maximum absolute atomic E-state index is 14.2. The summed E-state index contributed by atoms with van der Waals surface area (Å²) >= 11 is 1.48. The SMILES string of the molecule is C=CC(=O)OC(C)(C)C=C(C)Oc1cc(C(=O)Oc2ccc(CCOC(=O)c3ccc(OC(C)(C)CC(C)(C)OC(=O)C=C)cc3)cc2/C=N/N(C)c2nc3c(ccc4ccccc43)s2)ccc1OCC(C)(C)OC(=O)C=C. The number of anilines is 1. The van der Waals surface area contributed by atoms with Crippen molar-refractivity contribution in [1.82, 2.24) is 4.98 Å². The summed E-state index contributed by atoms with van der Waals surface area (Å²) in [4.78, 5) is 68.3. The second-order valence-corrected chi connectivity index (χ2v) is 21.4. The van der Waals surface area contributed by atoms with Crippen LogP contribution >= 0.6 is 11.3 Å². The fourth-order valence-corrected chi connectivity index (χ4v) is 9.18. The topological polar surface area (TPSA) is 188 Å². The zero-order valence-electron chi connectivity index (χ0n) is 45.6. The Hall–Kier alpha value is -8.57. The molecule has 0 aliphatic heterocycles. The van der Waals surface area contributed by atoms with Gasteiger partial charge in [0.25, 0.3) is 0 Å². The number of carbonyl (C=O) groups excluding carboxylic acids is 5. The Morgan fingerprint density at radius 2 is 1.32 bits per heavy atom. The summed E-state index contributed by atoms with van der Waals surface area (Å²) in [6, 6.07) is 28.3. The van der Waals surface area contributed by atoms with Gasteiger partial charge in [-0.3, -0.25) is 0 Å². The molecule has 16 nitrogen and oxygen atoms in total. The molecule has 0 atom stereocenters. The van der Waals surface area contributed by atoms with Gasteiger partial charge in [-0.15, -0.1) is 0 Å². The molecule has 78 heavy (non-hydrogen) atoms. The molecular weight excluding hydrogens is 1010 g/mol. The van der Waals surface area contributed by atoms with Crippen molar-refractivity contribution < 1.29 is 61.9 Å². The van der Waals surface area contributed by atoms with Crippen LogP contribution in [0.5, 0.6) is 23.0 Å². The number of allylic oxidation sites excluding steroid dienone is 1. The second kappa shape index (κ2) is 25.1. The molecule has 5 aromatic carbocycles. The Balaban J connectivity index is 1.24. The van der Waals surface area contributed by atoms with Crippen molar-refractivity contribution in [2.24, 2.45) is 5.10 Å². The van der Waals surface area contributed by atoms with Crippen LogP contribution < -0.4 is 24.0 Å². The van der Waals surface area contributed by atoms with Crippen LogP contribution in [0.15, 0.2) is 152 Å². The van der Waals surface area contributed by atoms with Gasteiger partial charge in [0.05, 0.1) is 34.2 Å². The number of hydrazone groups is 1. The number of rotatable bonds is 25. The number of carbonyl (C=O) groups is 5. The first-order valence-electron chi connectivity index (χ1n) is 24.8. The number of hydrogen-bond donors (Lipinski definition) is 0. The maximum atomic E-state index is 14.2. The van der Waals surface area contributed by atoms with Gasteiger partial charge in [-0.05, 0) is 140 Å². The zero-order valence-corrected chi connectivity index (χ0v) is 46.4. The van der Waals surface area contributed by atoms with Crippen molar-refractivity contribution in [1.29, 1.82) is 0 Å². The lowest BCUT2D eigenvalue weighted by molar-refractivity contribution is -0.154. The normalized spacial score (nSPS) is 12.1. The number of esters is 5. The Labute approximate surface area is 458 Å². The Morgan fingerprint density at radius 1 is 0.679 bits per heavy atom. The zero-order chi connectivity index (χ0) is 57.0. The van der Waals surface area contributed by atoms with Gasteiger partial charge in [-0.1, -0.05) is 67.5 Å². The summed E-state index contributed by atoms with van der Waals surface area (Å²) in [5.41, 5.74) is -1.32. The smallest absolute Gasteiger partial charge is 0.343 e. The fourth-order valence-electron chi connectivity index (χ4n) is 8.28. The van der Waals surface area contributed by atoms with Crippen molar-refractivity contribution in [3.8, 4) is 23.0 Å². The minimum atomic E-state index is -1.11. The number of ether oxygens (including phenoxy) is 8. The molecule has 0 saturated carbocycles. The molecule has 0 amide bonds. The van der Waals surface area contributed by atoms with E-state index in [9.17, 15) is 24.0 Å². The Morgan fingerprint density at radius 3 is 2.01 bits per heavy atom. The summed E-state index contributed by atoms with van der Waals surface area (Å²) in [6.45, 7) is 26.0. The third kappa shape index (κ3) is 16.7.